The Labute approximate surface area is 193 Å². The predicted molar refractivity (Wildman–Crippen MR) is 115 cm³/mol. The first-order chi connectivity index (χ1) is 15.4. The molecule has 3 aliphatic rings. The molecule has 0 aromatic carbocycles. The van der Waals surface area contributed by atoms with Crippen molar-refractivity contribution in [3.05, 3.63) is 0 Å². The van der Waals surface area contributed by atoms with Crippen molar-refractivity contribution in [2.75, 3.05) is 64.7 Å². The third-order valence-corrected chi connectivity index (χ3v) is 6.26. The van der Waals surface area contributed by atoms with Crippen LogP contribution in [0.5, 0.6) is 0 Å². The van der Waals surface area contributed by atoms with Crippen molar-refractivity contribution in [1.82, 2.24) is 19.9 Å². The predicted octanol–water partition coefficient (Wildman–Crippen LogP) is -1.67. The van der Waals surface area contributed by atoms with Crippen LogP contribution in [0.2, 0.25) is 0 Å². The van der Waals surface area contributed by atoms with Crippen LogP contribution in [0.3, 0.4) is 0 Å². The molecular formula is C18H36N4O10S. The molecule has 0 spiro atoms. The van der Waals surface area contributed by atoms with Gasteiger partial charge in [-0.05, 0) is 25.7 Å². The molecule has 14 nitrogen and oxygen atoms in total. The van der Waals surface area contributed by atoms with E-state index < -0.39 is 34.1 Å². The zero-order valence-electron chi connectivity index (χ0n) is 18.6. The van der Waals surface area contributed by atoms with Crippen molar-refractivity contribution in [2.45, 2.75) is 37.8 Å². The molecule has 3 saturated heterocycles. The number of carboxylic acids is 2. The molecule has 6 N–H and O–H groups in total. The molecule has 0 saturated carbocycles. The smallest absolute Gasteiger partial charge is 0.323 e. The number of aliphatic hydroxyl groups is 1. The first kappa shape index (κ1) is 29.6. The largest absolute Gasteiger partial charge is 0.480 e. The molecule has 15 heteroatoms. The molecule has 0 bridgehead atoms. The van der Waals surface area contributed by atoms with Gasteiger partial charge in [-0.2, -0.15) is 18.5 Å². The lowest BCUT2D eigenvalue weighted by Gasteiger charge is -2.33. The topological polar surface area (TPSA) is 203 Å². The number of hydrogen-bond donors (Lipinski definition) is 6. The van der Waals surface area contributed by atoms with Gasteiger partial charge in [-0.3, -0.25) is 23.9 Å². The summed E-state index contributed by atoms with van der Waals surface area (Å²) in [5, 5.41) is 44.9. The van der Waals surface area contributed by atoms with Gasteiger partial charge in [-0.15, -0.1) is 0 Å². The summed E-state index contributed by atoms with van der Waals surface area (Å²) >= 11 is 0. The molecule has 0 aliphatic carbocycles. The molecule has 3 rings (SSSR count). The van der Waals surface area contributed by atoms with Crippen LogP contribution < -0.4 is 0 Å². The van der Waals surface area contributed by atoms with Crippen LogP contribution in [-0.2, 0) is 19.7 Å². The van der Waals surface area contributed by atoms with Crippen LogP contribution >= 0.6 is 0 Å². The monoisotopic (exact) mass is 500 g/mol. The van der Waals surface area contributed by atoms with Gasteiger partial charge in [0.05, 0.1) is 12.4 Å². The first-order valence-corrected chi connectivity index (χ1v) is 12.4. The molecule has 0 aromatic rings. The Morgan fingerprint density at radius 2 is 1.15 bits per heavy atom. The second-order valence-corrected chi connectivity index (χ2v) is 9.58. The van der Waals surface area contributed by atoms with Gasteiger partial charge < -0.3 is 25.7 Å². The minimum atomic E-state index is -3.84. The molecule has 3 heterocycles. The van der Waals surface area contributed by atoms with Crippen LogP contribution in [0.15, 0.2) is 0 Å². The van der Waals surface area contributed by atoms with Gasteiger partial charge >= 0.3 is 11.9 Å². The number of rotatable bonds is 7. The van der Waals surface area contributed by atoms with E-state index in [4.69, 9.17) is 30.3 Å². The van der Waals surface area contributed by atoms with E-state index in [-0.39, 0.29) is 12.4 Å². The number of aliphatic carboxylic acids is 2. The van der Waals surface area contributed by atoms with Gasteiger partial charge in [0.15, 0.2) is 0 Å². The van der Waals surface area contributed by atoms with E-state index in [1.165, 1.54) is 0 Å². The molecule has 0 aromatic heterocycles. The fourth-order valence-electron chi connectivity index (χ4n) is 3.63. The standard InChI is InChI=1S/C8H18N2O4S.2C5H9NO3/c11-7-5-9-1-3-10(4-2-9)6-8-15(12,13)14;2*7-5(8)4-2-1-3-6(4)9/h11H,1-8H2,(H,12,13,14);2*4,9H,1-3H2,(H,7,8). The number of β-amino-alcohol motifs (C(OH)–C–C–N with tert-alkyl or cyclic N) is 1. The van der Waals surface area contributed by atoms with E-state index in [1.54, 1.807) is 0 Å². The number of piperazine rings is 1. The highest BCUT2D eigenvalue weighted by atomic mass is 32.2. The third-order valence-electron chi connectivity index (χ3n) is 5.57. The Kier molecular flexibility index (Phi) is 13.2. The molecule has 0 amide bonds. The van der Waals surface area contributed by atoms with Crippen molar-refractivity contribution in [1.29, 1.82) is 0 Å². The van der Waals surface area contributed by atoms with Crippen molar-refractivity contribution in [2.24, 2.45) is 0 Å². The average Bonchev–Trinajstić information content (AvgIpc) is 3.36. The third kappa shape index (κ3) is 12.0. The number of carboxylic acid groups (broad SMARTS) is 2. The van der Waals surface area contributed by atoms with Gasteiger partial charge in [0, 0.05) is 52.4 Å². The number of carbonyl (C=O) groups is 2. The van der Waals surface area contributed by atoms with Gasteiger partial charge in [0.1, 0.15) is 12.1 Å². The molecule has 3 fully saturated rings. The molecule has 33 heavy (non-hydrogen) atoms. The van der Waals surface area contributed by atoms with Crippen LogP contribution in [0.4, 0.5) is 0 Å². The zero-order valence-corrected chi connectivity index (χ0v) is 19.4. The minimum Gasteiger partial charge on any atom is -0.480 e. The van der Waals surface area contributed by atoms with E-state index in [1.807, 2.05) is 4.90 Å². The summed E-state index contributed by atoms with van der Waals surface area (Å²) in [6, 6.07) is -1.32. The highest BCUT2D eigenvalue weighted by molar-refractivity contribution is 7.85. The van der Waals surface area contributed by atoms with Gasteiger partial charge in [0.2, 0.25) is 0 Å². The van der Waals surface area contributed by atoms with Crippen LogP contribution in [0, 0.1) is 0 Å². The molecule has 0 radical (unpaired) electrons. The second-order valence-electron chi connectivity index (χ2n) is 8.01. The van der Waals surface area contributed by atoms with Crippen molar-refractivity contribution >= 4 is 22.1 Å². The van der Waals surface area contributed by atoms with E-state index >= 15 is 0 Å². The second kappa shape index (κ2) is 14.7. The molecule has 3 aliphatic heterocycles. The lowest BCUT2D eigenvalue weighted by Crippen LogP contribution is -2.48. The van der Waals surface area contributed by atoms with E-state index in [9.17, 15) is 18.0 Å². The van der Waals surface area contributed by atoms with Gasteiger partial charge in [-0.1, -0.05) is 0 Å². The molecular weight excluding hydrogens is 464 g/mol. The van der Waals surface area contributed by atoms with Gasteiger partial charge in [0.25, 0.3) is 10.1 Å². The van der Waals surface area contributed by atoms with Crippen LogP contribution in [0.25, 0.3) is 0 Å². The lowest BCUT2D eigenvalue weighted by atomic mass is 10.2. The van der Waals surface area contributed by atoms with E-state index in [0.29, 0.717) is 39.0 Å². The van der Waals surface area contributed by atoms with E-state index in [2.05, 4.69) is 4.90 Å². The Bertz CT molecular complexity index is 672. The average molecular weight is 501 g/mol. The van der Waals surface area contributed by atoms with Crippen molar-refractivity contribution < 1.29 is 48.3 Å². The number of hydrogen-bond acceptors (Lipinski definition) is 11. The van der Waals surface area contributed by atoms with Gasteiger partial charge in [-0.25, -0.2) is 0 Å². The maximum absolute atomic E-state index is 10.5. The van der Waals surface area contributed by atoms with Crippen molar-refractivity contribution in [3.8, 4) is 0 Å². The number of hydroxylamine groups is 4. The molecule has 194 valence electrons. The first-order valence-electron chi connectivity index (χ1n) is 10.8. The molecule has 2 atom stereocenters. The normalized spacial score (nSPS) is 25.1. The summed E-state index contributed by atoms with van der Waals surface area (Å²) < 4.78 is 29.6. The summed E-state index contributed by atoms with van der Waals surface area (Å²) in [5.74, 6) is -2.07. The highest BCUT2D eigenvalue weighted by Gasteiger charge is 2.29. The highest BCUT2D eigenvalue weighted by Crippen LogP contribution is 2.14. The lowest BCUT2D eigenvalue weighted by molar-refractivity contribution is -0.162. The summed E-state index contributed by atoms with van der Waals surface area (Å²) in [7, 11) is -3.84. The fraction of sp³-hybridized carbons (Fsp3) is 0.889. The SMILES string of the molecule is O=C(O)C1CCCN1O.O=C(O)C1CCCN1O.O=S(=O)(O)CCN1CCN(CCO)CC1. The molecule has 2 unspecified atom stereocenters. The Hall–Kier alpha value is -1.43. The summed E-state index contributed by atoms with van der Waals surface area (Å²) in [5.41, 5.74) is 0. The summed E-state index contributed by atoms with van der Waals surface area (Å²) in [6.07, 6.45) is 2.67. The zero-order chi connectivity index (χ0) is 25.0. The van der Waals surface area contributed by atoms with Crippen LogP contribution in [0.1, 0.15) is 25.7 Å². The summed E-state index contributed by atoms with van der Waals surface area (Å²) in [4.78, 5) is 24.6. The summed E-state index contributed by atoms with van der Waals surface area (Å²) in [6.45, 7) is 5.43. The Morgan fingerprint density at radius 3 is 1.39 bits per heavy atom. The fourth-order valence-corrected chi connectivity index (χ4v) is 4.12. The quantitative estimate of drug-likeness (QED) is 0.217. The number of nitrogens with zero attached hydrogens (tertiary/aromatic N) is 4. The van der Waals surface area contributed by atoms with E-state index in [0.717, 1.165) is 49.1 Å². The number of aliphatic hydroxyl groups excluding tert-OH is 1. The maximum atomic E-state index is 10.5. The van der Waals surface area contributed by atoms with Crippen molar-refractivity contribution in [3.63, 3.8) is 0 Å². The maximum Gasteiger partial charge on any atom is 0.323 e. The van der Waals surface area contributed by atoms with Crippen LogP contribution in [-0.4, -0.2) is 147 Å². The Balaban J connectivity index is 0.000000261. The Morgan fingerprint density at radius 1 is 0.758 bits per heavy atom. The minimum absolute atomic E-state index is 0.158.